The number of nitrogens with one attached hydrogen (secondary N) is 1. The van der Waals surface area contributed by atoms with Crippen LogP contribution in [0.4, 0.5) is 5.82 Å². The Labute approximate surface area is 138 Å². The molecule has 0 unspecified atom stereocenters. The Balaban J connectivity index is 1.58. The van der Waals surface area contributed by atoms with E-state index in [0.717, 1.165) is 18.8 Å². The summed E-state index contributed by atoms with van der Waals surface area (Å²) in [6, 6.07) is 21.4. The molecule has 116 valence electrons. The van der Waals surface area contributed by atoms with Crippen molar-refractivity contribution in [1.82, 2.24) is 4.98 Å². The van der Waals surface area contributed by atoms with E-state index in [4.69, 9.17) is 0 Å². The van der Waals surface area contributed by atoms with Crippen molar-refractivity contribution in [3.05, 3.63) is 94.7 Å². The second-order valence-electron chi connectivity index (χ2n) is 6.05. The SMILES string of the molecule is Cc1ccc(CNc2ccc(Cc3ccc(C)cc3)cn2)cc1. The summed E-state index contributed by atoms with van der Waals surface area (Å²) in [6.45, 7) is 5.01. The van der Waals surface area contributed by atoms with Crippen molar-refractivity contribution < 1.29 is 0 Å². The summed E-state index contributed by atoms with van der Waals surface area (Å²) in [5.41, 5.74) is 6.39. The third-order valence-corrected chi connectivity index (χ3v) is 3.95. The molecule has 2 nitrogen and oxygen atoms in total. The summed E-state index contributed by atoms with van der Waals surface area (Å²) in [6.07, 6.45) is 2.88. The second-order valence-corrected chi connectivity index (χ2v) is 6.05. The molecule has 0 aliphatic rings. The van der Waals surface area contributed by atoms with E-state index in [0.29, 0.717) is 0 Å². The molecule has 2 heteroatoms. The van der Waals surface area contributed by atoms with Gasteiger partial charge >= 0.3 is 0 Å². The third kappa shape index (κ3) is 4.43. The first-order valence-electron chi connectivity index (χ1n) is 7.99. The van der Waals surface area contributed by atoms with Gasteiger partial charge in [-0.2, -0.15) is 0 Å². The molecule has 0 spiro atoms. The minimum absolute atomic E-state index is 0.796. The Kier molecular flexibility index (Phi) is 4.72. The quantitative estimate of drug-likeness (QED) is 0.725. The van der Waals surface area contributed by atoms with Gasteiger partial charge in [-0.3, -0.25) is 0 Å². The van der Waals surface area contributed by atoms with Gasteiger partial charge in [0.05, 0.1) is 0 Å². The van der Waals surface area contributed by atoms with Crippen LogP contribution >= 0.6 is 0 Å². The largest absolute Gasteiger partial charge is 0.366 e. The van der Waals surface area contributed by atoms with Gasteiger partial charge in [0.25, 0.3) is 0 Å². The highest BCUT2D eigenvalue weighted by Gasteiger charge is 1.99. The summed E-state index contributed by atoms with van der Waals surface area (Å²) < 4.78 is 0. The van der Waals surface area contributed by atoms with Gasteiger partial charge in [0.2, 0.25) is 0 Å². The first kappa shape index (κ1) is 15.3. The fourth-order valence-electron chi connectivity index (χ4n) is 2.47. The smallest absolute Gasteiger partial charge is 0.126 e. The van der Waals surface area contributed by atoms with Crippen molar-refractivity contribution in [3.8, 4) is 0 Å². The number of pyridine rings is 1. The number of hydrogen-bond acceptors (Lipinski definition) is 2. The van der Waals surface area contributed by atoms with Crippen LogP contribution < -0.4 is 5.32 Å². The first-order chi connectivity index (χ1) is 11.2. The lowest BCUT2D eigenvalue weighted by molar-refractivity contribution is 1.09. The van der Waals surface area contributed by atoms with Crippen molar-refractivity contribution in [1.29, 1.82) is 0 Å². The zero-order valence-electron chi connectivity index (χ0n) is 13.7. The van der Waals surface area contributed by atoms with Gasteiger partial charge in [0.15, 0.2) is 0 Å². The van der Waals surface area contributed by atoms with E-state index >= 15 is 0 Å². The normalized spacial score (nSPS) is 10.5. The Hall–Kier alpha value is -2.61. The zero-order valence-corrected chi connectivity index (χ0v) is 13.7. The number of aryl methyl sites for hydroxylation is 2. The summed E-state index contributed by atoms with van der Waals surface area (Å²) in [4.78, 5) is 4.51. The molecule has 0 aliphatic carbocycles. The van der Waals surface area contributed by atoms with E-state index in [9.17, 15) is 0 Å². The molecule has 3 aromatic rings. The molecule has 0 bridgehead atoms. The van der Waals surface area contributed by atoms with Gasteiger partial charge in [-0.15, -0.1) is 0 Å². The van der Waals surface area contributed by atoms with E-state index in [1.807, 2.05) is 6.20 Å². The van der Waals surface area contributed by atoms with Crippen LogP contribution in [0.15, 0.2) is 66.9 Å². The average Bonchev–Trinajstić information content (AvgIpc) is 2.58. The van der Waals surface area contributed by atoms with E-state index in [1.54, 1.807) is 0 Å². The standard InChI is InChI=1S/C21H22N2/c1-16-3-7-18(8-4-16)13-20-11-12-21(23-15-20)22-14-19-9-5-17(2)6-10-19/h3-12,15H,13-14H2,1-2H3,(H,22,23). The van der Waals surface area contributed by atoms with Crippen molar-refractivity contribution in [2.45, 2.75) is 26.8 Å². The monoisotopic (exact) mass is 302 g/mol. The highest BCUT2D eigenvalue weighted by molar-refractivity contribution is 5.38. The van der Waals surface area contributed by atoms with Crippen LogP contribution in [0.2, 0.25) is 0 Å². The number of rotatable bonds is 5. The van der Waals surface area contributed by atoms with Crippen LogP contribution in [0.5, 0.6) is 0 Å². The minimum atomic E-state index is 0.796. The van der Waals surface area contributed by atoms with Crippen LogP contribution in [-0.4, -0.2) is 4.98 Å². The molecule has 0 saturated heterocycles. The third-order valence-electron chi connectivity index (χ3n) is 3.95. The molecular formula is C21H22N2. The Morgan fingerprint density at radius 1 is 0.696 bits per heavy atom. The van der Waals surface area contributed by atoms with E-state index in [1.165, 1.54) is 27.8 Å². The van der Waals surface area contributed by atoms with Gasteiger partial charge in [0.1, 0.15) is 5.82 Å². The number of anilines is 1. The van der Waals surface area contributed by atoms with E-state index in [2.05, 4.69) is 84.8 Å². The summed E-state index contributed by atoms with van der Waals surface area (Å²) in [5, 5.41) is 3.37. The second kappa shape index (κ2) is 7.10. The molecule has 3 rings (SSSR count). The molecule has 1 heterocycles. The van der Waals surface area contributed by atoms with E-state index in [-0.39, 0.29) is 0 Å². The van der Waals surface area contributed by atoms with Gasteiger partial charge in [-0.1, -0.05) is 65.7 Å². The molecule has 0 fully saturated rings. The maximum Gasteiger partial charge on any atom is 0.126 e. The fourth-order valence-corrected chi connectivity index (χ4v) is 2.47. The predicted octanol–water partition coefficient (Wildman–Crippen LogP) is 4.90. The molecule has 23 heavy (non-hydrogen) atoms. The van der Waals surface area contributed by atoms with Crippen molar-refractivity contribution in [3.63, 3.8) is 0 Å². The van der Waals surface area contributed by atoms with E-state index < -0.39 is 0 Å². The Morgan fingerprint density at radius 2 is 1.26 bits per heavy atom. The highest BCUT2D eigenvalue weighted by atomic mass is 15.0. The van der Waals surface area contributed by atoms with Crippen LogP contribution in [0, 0.1) is 13.8 Å². The van der Waals surface area contributed by atoms with Gasteiger partial charge in [0, 0.05) is 12.7 Å². The van der Waals surface area contributed by atoms with Crippen LogP contribution in [-0.2, 0) is 13.0 Å². The highest BCUT2D eigenvalue weighted by Crippen LogP contribution is 2.13. The van der Waals surface area contributed by atoms with Crippen LogP contribution in [0.3, 0.4) is 0 Å². The molecule has 0 saturated carbocycles. The number of benzene rings is 2. The number of hydrogen-bond donors (Lipinski definition) is 1. The molecule has 2 aromatic carbocycles. The molecule has 0 radical (unpaired) electrons. The topological polar surface area (TPSA) is 24.9 Å². The summed E-state index contributed by atoms with van der Waals surface area (Å²) in [7, 11) is 0. The van der Waals surface area contributed by atoms with Crippen LogP contribution in [0.25, 0.3) is 0 Å². The predicted molar refractivity (Wildman–Crippen MR) is 96.7 cm³/mol. The molecule has 0 aliphatic heterocycles. The zero-order chi connectivity index (χ0) is 16.1. The lowest BCUT2D eigenvalue weighted by atomic mass is 10.1. The van der Waals surface area contributed by atoms with Gasteiger partial charge < -0.3 is 5.32 Å². The Morgan fingerprint density at radius 3 is 1.83 bits per heavy atom. The molecule has 1 aromatic heterocycles. The number of nitrogens with zero attached hydrogens (tertiary/aromatic N) is 1. The van der Waals surface area contributed by atoms with Gasteiger partial charge in [-0.25, -0.2) is 4.98 Å². The summed E-state index contributed by atoms with van der Waals surface area (Å²) in [5.74, 6) is 0.915. The summed E-state index contributed by atoms with van der Waals surface area (Å²) >= 11 is 0. The molecule has 1 N–H and O–H groups in total. The Bertz CT molecular complexity index is 741. The fraction of sp³-hybridized carbons (Fsp3) is 0.190. The van der Waals surface area contributed by atoms with Crippen molar-refractivity contribution in [2.24, 2.45) is 0 Å². The lowest BCUT2D eigenvalue weighted by Crippen LogP contribution is -2.01. The molecular weight excluding hydrogens is 280 g/mol. The lowest BCUT2D eigenvalue weighted by Gasteiger charge is -2.07. The molecule has 0 amide bonds. The van der Waals surface area contributed by atoms with Crippen LogP contribution in [0.1, 0.15) is 27.8 Å². The van der Waals surface area contributed by atoms with Gasteiger partial charge in [-0.05, 0) is 43.0 Å². The first-order valence-corrected chi connectivity index (χ1v) is 7.99. The number of aromatic nitrogens is 1. The average molecular weight is 302 g/mol. The van der Waals surface area contributed by atoms with Crippen molar-refractivity contribution >= 4 is 5.82 Å². The maximum absolute atomic E-state index is 4.51. The maximum atomic E-state index is 4.51. The molecule has 0 atom stereocenters. The van der Waals surface area contributed by atoms with Crippen molar-refractivity contribution in [2.75, 3.05) is 5.32 Å². The minimum Gasteiger partial charge on any atom is -0.366 e.